The first kappa shape index (κ1) is 26.1. The van der Waals surface area contributed by atoms with Crippen LogP contribution < -0.4 is 10.6 Å². The molecule has 1 atom stereocenters. The molecule has 35 heavy (non-hydrogen) atoms. The molecule has 3 rings (SSSR count). The van der Waals surface area contributed by atoms with Crippen LogP contribution in [-0.4, -0.2) is 48.2 Å². The number of benzene rings is 2. The molecular formula is C26H30F2N2O5. The quantitative estimate of drug-likeness (QED) is 0.455. The van der Waals surface area contributed by atoms with Gasteiger partial charge in [-0.25, -0.2) is 13.6 Å². The molecular weight excluding hydrogens is 458 g/mol. The fraction of sp³-hybridized carbons (Fsp3) is 0.423. The summed E-state index contributed by atoms with van der Waals surface area (Å²) in [6.45, 7) is 3.03. The van der Waals surface area contributed by atoms with Gasteiger partial charge in [-0.3, -0.25) is 9.59 Å². The number of carboxylic acid groups (broad SMARTS) is 1. The lowest BCUT2D eigenvalue weighted by Gasteiger charge is -2.32. The maximum Gasteiger partial charge on any atom is 0.407 e. The number of alkyl halides is 2. The standard InChI is InChI=1S/C26H30F2N2O5/c1-25(2,26(3,27)28)15-29-23(33)21(12-13-22(31)32)30-24(34)35-14-20-18-10-6-4-8-16(18)17-9-5-7-11-19(17)20/h4-11,20-21H,12-15H2,1-3H3,(H,29,33)(H,30,34)(H,31,32). The number of nitrogens with one attached hydrogen (secondary N) is 2. The fourth-order valence-electron chi connectivity index (χ4n) is 3.91. The number of aliphatic carboxylic acids is 1. The number of alkyl carbamates (subject to hydrolysis) is 1. The molecule has 2 aromatic rings. The zero-order valence-electron chi connectivity index (χ0n) is 19.9. The maximum absolute atomic E-state index is 13.8. The summed E-state index contributed by atoms with van der Waals surface area (Å²) in [6, 6.07) is 14.4. The van der Waals surface area contributed by atoms with E-state index in [1.165, 1.54) is 13.8 Å². The van der Waals surface area contributed by atoms with Crippen LogP contribution in [0.5, 0.6) is 0 Å². The minimum Gasteiger partial charge on any atom is -0.481 e. The van der Waals surface area contributed by atoms with Crippen molar-refractivity contribution in [1.82, 2.24) is 10.6 Å². The van der Waals surface area contributed by atoms with Crippen molar-refractivity contribution in [1.29, 1.82) is 0 Å². The van der Waals surface area contributed by atoms with Crippen molar-refractivity contribution in [3.05, 3.63) is 59.7 Å². The second kappa shape index (κ2) is 10.4. The molecule has 2 aromatic carbocycles. The molecule has 3 N–H and O–H groups in total. The predicted molar refractivity (Wildman–Crippen MR) is 126 cm³/mol. The molecule has 188 valence electrons. The Morgan fingerprint density at radius 2 is 1.54 bits per heavy atom. The molecule has 0 saturated heterocycles. The Bertz CT molecular complexity index is 1050. The highest BCUT2D eigenvalue weighted by atomic mass is 19.3. The van der Waals surface area contributed by atoms with Crippen LogP contribution in [0.15, 0.2) is 48.5 Å². The van der Waals surface area contributed by atoms with Gasteiger partial charge in [0.2, 0.25) is 5.91 Å². The zero-order chi connectivity index (χ0) is 25.8. The van der Waals surface area contributed by atoms with Gasteiger partial charge in [0.25, 0.3) is 5.92 Å². The number of carboxylic acids is 1. The monoisotopic (exact) mass is 488 g/mol. The van der Waals surface area contributed by atoms with E-state index >= 15 is 0 Å². The lowest BCUT2D eigenvalue weighted by Crippen LogP contribution is -2.51. The Hall–Kier alpha value is -3.49. The van der Waals surface area contributed by atoms with Crippen molar-refractivity contribution in [2.24, 2.45) is 5.41 Å². The summed E-state index contributed by atoms with van der Waals surface area (Å²) in [7, 11) is 0. The molecule has 0 bridgehead atoms. The third-order valence-electron chi connectivity index (χ3n) is 6.49. The van der Waals surface area contributed by atoms with Crippen molar-refractivity contribution in [3.8, 4) is 11.1 Å². The largest absolute Gasteiger partial charge is 0.481 e. The van der Waals surface area contributed by atoms with Crippen LogP contribution in [0, 0.1) is 5.41 Å². The van der Waals surface area contributed by atoms with Crippen LogP contribution in [0.1, 0.15) is 50.7 Å². The highest BCUT2D eigenvalue weighted by molar-refractivity contribution is 5.86. The topological polar surface area (TPSA) is 105 Å². The smallest absolute Gasteiger partial charge is 0.407 e. The number of ether oxygens (including phenoxy) is 1. The summed E-state index contributed by atoms with van der Waals surface area (Å²) in [5.74, 6) is -5.15. The molecule has 2 amide bonds. The third-order valence-corrected chi connectivity index (χ3v) is 6.49. The first-order valence-corrected chi connectivity index (χ1v) is 11.4. The fourth-order valence-corrected chi connectivity index (χ4v) is 3.91. The van der Waals surface area contributed by atoms with Gasteiger partial charge >= 0.3 is 12.1 Å². The van der Waals surface area contributed by atoms with Gasteiger partial charge in [-0.15, -0.1) is 0 Å². The summed E-state index contributed by atoms with van der Waals surface area (Å²) in [5.41, 5.74) is 2.62. The van der Waals surface area contributed by atoms with Crippen molar-refractivity contribution in [2.75, 3.05) is 13.2 Å². The highest BCUT2D eigenvalue weighted by Gasteiger charge is 2.42. The molecule has 7 nitrogen and oxygen atoms in total. The summed E-state index contributed by atoms with van der Waals surface area (Å²) in [5, 5.41) is 13.8. The highest BCUT2D eigenvalue weighted by Crippen LogP contribution is 2.44. The van der Waals surface area contributed by atoms with E-state index in [4.69, 9.17) is 9.84 Å². The van der Waals surface area contributed by atoms with Crippen LogP contribution in [0.2, 0.25) is 0 Å². The second-order valence-electron chi connectivity index (χ2n) is 9.44. The van der Waals surface area contributed by atoms with E-state index in [0.29, 0.717) is 0 Å². The molecule has 0 radical (unpaired) electrons. The zero-order valence-corrected chi connectivity index (χ0v) is 19.9. The van der Waals surface area contributed by atoms with Crippen LogP contribution in [0.4, 0.5) is 13.6 Å². The number of hydrogen-bond acceptors (Lipinski definition) is 4. The lowest BCUT2D eigenvalue weighted by molar-refractivity contribution is -0.137. The Morgan fingerprint density at radius 3 is 2.06 bits per heavy atom. The second-order valence-corrected chi connectivity index (χ2v) is 9.44. The van der Waals surface area contributed by atoms with Crippen molar-refractivity contribution in [3.63, 3.8) is 0 Å². The van der Waals surface area contributed by atoms with Crippen LogP contribution in [0.3, 0.4) is 0 Å². The first-order chi connectivity index (χ1) is 16.4. The predicted octanol–water partition coefficient (Wildman–Crippen LogP) is 4.56. The minimum absolute atomic E-state index is 0.0161. The van der Waals surface area contributed by atoms with Gasteiger partial charge in [-0.2, -0.15) is 0 Å². The van der Waals surface area contributed by atoms with Crippen molar-refractivity contribution < 1.29 is 33.0 Å². The number of carbonyl (C=O) groups is 3. The minimum atomic E-state index is -3.06. The molecule has 0 saturated carbocycles. The number of rotatable bonds is 10. The molecule has 0 aliphatic heterocycles. The third kappa shape index (κ3) is 6.15. The number of amides is 2. The molecule has 0 fully saturated rings. The van der Waals surface area contributed by atoms with Gasteiger partial charge < -0.3 is 20.5 Å². The molecule has 0 heterocycles. The number of hydrogen-bond donors (Lipinski definition) is 3. The average molecular weight is 489 g/mol. The SMILES string of the molecule is CC(F)(F)C(C)(C)CNC(=O)C(CCC(=O)O)NC(=O)OCC1c2ccccc2-c2ccccc21. The molecule has 1 aliphatic rings. The Kier molecular flexibility index (Phi) is 7.77. The van der Waals surface area contributed by atoms with E-state index in [9.17, 15) is 23.2 Å². The average Bonchev–Trinajstić information content (AvgIpc) is 3.11. The molecule has 9 heteroatoms. The van der Waals surface area contributed by atoms with E-state index in [2.05, 4.69) is 10.6 Å². The summed E-state index contributed by atoms with van der Waals surface area (Å²) in [6.07, 6.45) is -1.50. The summed E-state index contributed by atoms with van der Waals surface area (Å²) < 4.78 is 32.9. The van der Waals surface area contributed by atoms with Gasteiger partial charge in [-0.05, 0) is 35.6 Å². The number of halogens is 2. The van der Waals surface area contributed by atoms with Crippen LogP contribution in [0.25, 0.3) is 11.1 Å². The summed E-state index contributed by atoms with van der Waals surface area (Å²) in [4.78, 5) is 36.2. The number of carbonyl (C=O) groups excluding carboxylic acids is 2. The van der Waals surface area contributed by atoms with Gasteiger partial charge in [0, 0.05) is 24.3 Å². The molecule has 1 unspecified atom stereocenters. The lowest BCUT2D eigenvalue weighted by atomic mass is 9.86. The van der Waals surface area contributed by atoms with E-state index < -0.39 is 41.8 Å². The Labute approximate surface area is 202 Å². The molecule has 1 aliphatic carbocycles. The summed E-state index contributed by atoms with van der Waals surface area (Å²) >= 11 is 0. The van der Waals surface area contributed by atoms with E-state index in [0.717, 1.165) is 29.2 Å². The number of fused-ring (bicyclic) bond motifs is 3. The molecule has 0 aromatic heterocycles. The van der Waals surface area contributed by atoms with Gasteiger partial charge in [0.15, 0.2) is 0 Å². The van der Waals surface area contributed by atoms with E-state index in [1.807, 2.05) is 48.5 Å². The van der Waals surface area contributed by atoms with E-state index in [-0.39, 0.29) is 25.5 Å². The Balaban J connectivity index is 1.65. The Morgan fingerprint density at radius 1 is 1.00 bits per heavy atom. The van der Waals surface area contributed by atoms with E-state index in [1.54, 1.807) is 0 Å². The van der Waals surface area contributed by atoms with Crippen molar-refractivity contribution >= 4 is 18.0 Å². The van der Waals surface area contributed by atoms with Crippen molar-refractivity contribution in [2.45, 2.75) is 51.5 Å². The van der Waals surface area contributed by atoms with Gasteiger partial charge in [-0.1, -0.05) is 62.4 Å². The van der Waals surface area contributed by atoms with Crippen LogP contribution in [-0.2, 0) is 14.3 Å². The first-order valence-electron chi connectivity index (χ1n) is 11.4. The van der Waals surface area contributed by atoms with Crippen LogP contribution >= 0.6 is 0 Å². The van der Waals surface area contributed by atoms with Gasteiger partial charge in [0.05, 0.1) is 0 Å². The van der Waals surface area contributed by atoms with Gasteiger partial charge in [0.1, 0.15) is 12.6 Å². The maximum atomic E-state index is 13.8. The normalized spacial score (nSPS) is 14.0. The molecule has 0 spiro atoms.